The van der Waals surface area contributed by atoms with Gasteiger partial charge in [-0.1, -0.05) is 0 Å². The molecule has 0 aliphatic heterocycles. The minimum atomic E-state index is -4.93. The Morgan fingerprint density at radius 3 is 2.47 bits per heavy atom. The van der Waals surface area contributed by atoms with Gasteiger partial charge in [-0.25, -0.2) is 0 Å². The predicted molar refractivity (Wildman–Crippen MR) is 52.7 cm³/mol. The summed E-state index contributed by atoms with van der Waals surface area (Å²) in [6.07, 6.45) is 0. The van der Waals surface area contributed by atoms with Crippen molar-refractivity contribution in [2.75, 3.05) is 5.73 Å². The van der Waals surface area contributed by atoms with E-state index < -0.39 is 20.1 Å². The van der Waals surface area contributed by atoms with Crippen LogP contribution in [0.1, 0.15) is 6.92 Å². The Kier molecular flexibility index (Phi) is 3.24. The van der Waals surface area contributed by atoms with Crippen molar-refractivity contribution in [2.45, 2.75) is 6.92 Å². The van der Waals surface area contributed by atoms with E-state index in [-0.39, 0.29) is 15.8 Å². The van der Waals surface area contributed by atoms with E-state index in [1.165, 1.54) is 19.1 Å². The average Bonchev–Trinajstić information content (AvgIpc) is 2.05. The van der Waals surface area contributed by atoms with Crippen LogP contribution in [-0.2, 0) is 8.53 Å². The molecule has 7 heteroatoms. The first-order valence-corrected chi connectivity index (χ1v) is 7.33. The summed E-state index contributed by atoms with van der Waals surface area (Å²) >= 11 is -4.93. The molecule has 0 saturated heterocycles. The normalized spacial score (nSPS) is 11.1. The number of esters is 1. The molecule has 82 valence electrons. The summed E-state index contributed by atoms with van der Waals surface area (Å²) in [5, 5.41) is 0. The first-order chi connectivity index (χ1) is 6.80. The van der Waals surface area contributed by atoms with Crippen molar-refractivity contribution in [1.82, 2.24) is 0 Å². The number of nitrogen functional groups attached to an aromatic ring is 1. The summed E-state index contributed by atoms with van der Waals surface area (Å²) < 4.78 is 33.3. The third-order valence-corrected chi connectivity index (χ3v) is 3.58. The third-order valence-electron chi connectivity index (χ3n) is 1.58. The summed E-state index contributed by atoms with van der Waals surface area (Å²) in [4.78, 5) is 10.6. The van der Waals surface area contributed by atoms with Crippen molar-refractivity contribution >= 4 is 30.2 Å². The van der Waals surface area contributed by atoms with E-state index in [1.54, 1.807) is 0 Å². The van der Waals surface area contributed by atoms with Crippen LogP contribution in [0.4, 0.5) is 5.69 Å². The molecule has 0 unspecified atom stereocenters. The second-order valence-electron chi connectivity index (χ2n) is 2.86. The molecule has 15 heavy (non-hydrogen) atoms. The van der Waals surface area contributed by atoms with E-state index in [0.29, 0.717) is 0 Å². The van der Waals surface area contributed by atoms with Gasteiger partial charge in [0.15, 0.2) is 0 Å². The summed E-state index contributed by atoms with van der Waals surface area (Å²) in [6.45, 7) is 1.21. The number of carbonyl (C=O) groups is 1. The molecule has 0 amide bonds. The van der Waals surface area contributed by atoms with Crippen molar-refractivity contribution in [2.24, 2.45) is 0 Å². The van der Waals surface area contributed by atoms with Crippen molar-refractivity contribution in [3.63, 3.8) is 0 Å². The molecule has 4 N–H and O–H groups in total. The fraction of sp³-hybridized carbons (Fsp3) is 0.125. The molecule has 0 bridgehead atoms. The molecule has 0 aliphatic rings. The van der Waals surface area contributed by atoms with Crippen LogP contribution in [-0.4, -0.2) is 28.3 Å². The fourth-order valence-corrected chi connectivity index (χ4v) is 2.17. The van der Waals surface area contributed by atoms with Crippen LogP contribution >= 0.6 is 0 Å². The maximum atomic E-state index is 10.9. The number of hydrogen-bond acceptors (Lipinski definition) is 4. The third kappa shape index (κ3) is 3.12. The zero-order valence-electron chi connectivity index (χ0n) is 7.88. The Morgan fingerprint density at radius 1 is 1.47 bits per heavy atom. The van der Waals surface area contributed by atoms with Gasteiger partial charge in [-0.2, -0.15) is 0 Å². The Labute approximate surface area is 88.7 Å². The number of rotatable bonds is 2. The Bertz CT molecular complexity index is 439. The van der Waals surface area contributed by atoms with Gasteiger partial charge in [-0.3, -0.25) is 0 Å². The van der Waals surface area contributed by atoms with Crippen LogP contribution in [0.5, 0.6) is 5.75 Å². The minimum absolute atomic E-state index is 0.0208. The van der Waals surface area contributed by atoms with E-state index in [4.69, 9.17) is 18.7 Å². The van der Waals surface area contributed by atoms with Crippen molar-refractivity contribution in [3.05, 3.63) is 18.2 Å². The number of carbonyl (C=O) groups excluding carboxylic acids is 1. The fourth-order valence-electron chi connectivity index (χ4n) is 0.965. The average molecular weight is 275 g/mol. The Hall–Kier alpha value is -1.23. The van der Waals surface area contributed by atoms with E-state index in [2.05, 4.69) is 0 Å². The van der Waals surface area contributed by atoms with Crippen LogP contribution in [0.2, 0.25) is 0 Å². The molecule has 0 fully saturated rings. The van der Waals surface area contributed by atoms with Gasteiger partial charge in [0.1, 0.15) is 0 Å². The summed E-state index contributed by atoms with van der Waals surface area (Å²) in [7, 11) is 0. The van der Waals surface area contributed by atoms with E-state index >= 15 is 0 Å². The summed E-state index contributed by atoms with van der Waals surface area (Å²) in [5.74, 6) is -0.453. The van der Waals surface area contributed by atoms with Gasteiger partial charge in [0.05, 0.1) is 0 Å². The van der Waals surface area contributed by atoms with E-state index in [0.717, 1.165) is 6.07 Å². The van der Waals surface area contributed by atoms with E-state index in [9.17, 15) is 8.53 Å². The molecule has 0 aromatic heterocycles. The van der Waals surface area contributed by atoms with Gasteiger partial charge < -0.3 is 0 Å². The molecule has 1 aromatic carbocycles. The van der Waals surface area contributed by atoms with Crippen molar-refractivity contribution < 1.29 is 21.5 Å². The quantitative estimate of drug-likeness (QED) is 0.269. The first kappa shape index (κ1) is 11.8. The summed E-state index contributed by atoms with van der Waals surface area (Å²) in [5.41, 5.74) is 5.48. The van der Waals surface area contributed by atoms with Gasteiger partial charge in [0, 0.05) is 0 Å². The summed E-state index contributed by atoms with van der Waals surface area (Å²) in [6, 6.07) is 3.55. The molecule has 6 nitrogen and oxygen atoms in total. The monoisotopic (exact) mass is 275 g/mol. The van der Waals surface area contributed by atoms with Crippen molar-refractivity contribution in [3.8, 4) is 5.75 Å². The first-order valence-electron chi connectivity index (χ1n) is 3.95. The molecule has 0 saturated carbocycles. The Balaban J connectivity index is 3.09. The van der Waals surface area contributed by atoms with Gasteiger partial charge >= 0.3 is 88.2 Å². The SMILES string of the molecule is CC(=O)Oc1ccc([As](=O)(O)O)cc1N. The molecular weight excluding hydrogens is 265 g/mol. The molecule has 1 aromatic rings. The van der Waals surface area contributed by atoms with Crippen LogP contribution in [0.25, 0.3) is 0 Å². The molecule has 0 spiro atoms. The zero-order valence-corrected chi connectivity index (χ0v) is 9.75. The van der Waals surface area contributed by atoms with E-state index in [1.807, 2.05) is 0 Å². The van der Waals surface area contributed by atoms with Crippen LogP contribution in [0.15, 0.2) is 18.2 Å². The number of ether oxygens (including phenoxy) is 1. The number of anilines is 1. The number of hydrogen-bond donors (Lipinski definition) is 3. The molecule has 0 aliphatic carbocycles. The van der Waals surface area contributed by atoms with Gasteiger partial charge in [-0.05, 0) is 0 Å². The Morgan fingerprint density at radius 2 is 2.07 bits per heavy atom. The topological polar surface area (TPSA) is 110 Å². The maximum absolute atomic E-state index is 10.9. The molecule has 0 heterocycles. The standard InChI is InChI=1S/C8H10AsNO5/c1-5(11)15-8-3-2-6(4-7(8)10)9(12,13)14/h2-4H,10H2,1H3,(H2,12,13,14). The molecule has 0 atom stereocenters. The predicted octanol–water partition coefficient (Wildman–Crippen LogP) is -1.24. The molecule has 1 rings (SSSR count). The van der Waals surface area contributed by atoms with Gasteiger partial charge in [0.2, 0.25) is 0 Å². The number of benzene rings is 1. The van der Waals surface area contributed by atoms with Crippen molar-refractivity contribution in [1.29, 1.82) is 0 Å². The van der Waals surface area contributed by atoms with Crippen LogP contribution < -0.4 is 14.8 Å². The molecule has 0 radical (unpaired) electrons. The molecular formula is C8H10AsNO5. The number of nitrogens with two attached hydrogens (primary N) is 1. The van der Waals surface area contributed by atoms with Crippen LogP contribution in [0.3, 0.4) is 0 Å². The van der Waals surface area contributed by atoms with Gasteiger partial charge in [0.25, 0.3) is 0 Å². The second-order valence-corrected chi connectivity index (χ2v) is 6.23. The van der Waals surface area contributed by atoms with Crippen LogP contribution in [0, 0.1) is 0 Å². The zero-order chi connectivity index (χ0) is 11.6. The second kappa shape index (κ2) is 4.10. The van der Waals surface area contributed by atoms with Gasteiger partial charge in [-0.15, -0.1) is 0 Å².